The molecule has 0 aliphatic carbocycles. The summed E-state index contributed by atoms with van der Waals surface area (Å²) in [6.07, 6.45) is -0.801. The molecule has 1 unspecified atom stereocenters. The molecule has 2 amide bonds. The van der Waals surface area contributed by atoms with E-state index in [1.165, 1.54) is 9.80 Å². The van der Waals surface area contributed by atoms with Crippen molar-refractivity contribution in [3.63, 3.8) is 0 Å². The Labute approximate surface area is 256 Å². The summed E-state index contributed by atoms with van der Waals surface area (Å²) in [4.78, 5) is 27.3. The molecule has 43 heavy (non-hydrogen) atoms. The molecule has 10 nitrogen and oxygen atoms in total. The van der Waals surface area contributed by atoms with Crippen LogP contribution in [0.25, 0.3) is 0 Å². The van der Waals surface area contributed by atoms with E-state index in [0.717, 1.165) is 5.56 Å². The average Bonchev–Trinajstić information content (AvgIpc) is 2.96. The van der Waals surface area contributed by atoms with E-state index in [2.05, 4.69) is 13.8 Å². The lowest BCUT2D eigenvalue weighted by Gasteiger charge is -2.39. The number of hydrogen-bond acceptors (Lipinski definition) is 7. The fourth-order valence-electron chi connectivity index (χ4n) is 5.39. The zero-order valence-electron chi connectivity index (χ0n) is 26.4. The van der Waals surface area contributed by atoms with Crippen molar-refractivity contribution in [2.75, 3.05) is 32.8 Å². The van der Waals surface area contributed by atoms with Gasteiger partial charge in [-0.05, 0) is 53.0 Å². The number of benzene rings is 2. The van der Waals surface area contributed by atoms with Crippen LogP contribution < -0.4 is 11.5 Å². The van der Waals surface area contributed by atoms with Crippen molar-refractivity contribution >= 4 is 27.7 Å². The number of rotatable bonds is 10. The molecule has 5 N–H and O–H groups in total. The fourth-order valence-corrected chi connectivity index (χ4v) is 7.68. The summed E-state index contributed by atoms with van der Waals surface area (Å²) in [7, 11) is -4.52. The van der Waals surface area contributed by atoms with Gasteiger partial charge >= 0.3 is 6.09 Å². The Hall–Kier alpha value is -3.44. The predicted octanol–water partition coefficient (Wildman–Crippen LogP) is 4.31. The van der Waals surface area contributed by atoms with Gasteiger partial charge in [0.25, 0.3) is 5.91 Å². The molecule has 0 saturated carbocycles. The highest BCUT2D eigenvalue weighted by molar-refractivity contribution is 7.93. The molecule has 1 heterocycles. The number of sulfone groups is 1. The molecule has 2 aromatic rings. The number of piperazine rings is 1. The Bertz CT molecular complexity index is 1430. The van der Waals surface area contributed by atoms with Crippen LogP contribution >= 0.6 is 0 Å². The molecule has 1 fully saturated rings. The average molecular weight is 614 g/mol. The predicted molar refractivity (Wildman–Crippen MR) is 169 cm³/mol. The first-order valence-electron chi connectivity index (χ1n) is 14.9. The first kappa shape index (κ1) is 34.1. The molecule has 1 atom stereocenters. The smallest absolute Gasteiger partial charge is 0.409 e. The van der Waals surface area contributed by atoms with Crippen molar-refractivity contribution in [1.82, 2.24) is 9.80 Å². The largest absolute Gasteiger partial charge is 0.450 e. The number of hydrogen-bond donors (Lipinski definition) is 3. The van der Waals surface area contributed by atoms with Crippen molar-refractivity contribution in [3.8, 4) is 0 Å². The molecule has 3 rings (SSSR count). The number of nitrogens with one attached hydrogen (secondary N) is 1. The van der Waals surface area contributed by atoms with Gasteiger partial charge in [0.05, 0.1) is 11.5 Å². The summed E-state index contributed by atoms with van der Waals surface area (Å²) in [5.41, 5.74) is 15.8. The van der Waals surface area contributed by atoms with Crippen molar-refractivity contribution in [2.24, 2.45) is 11.5 Å². The number of carbonyl (C=O) groups is 2. The van der Waals surface area contributed by atoms with Crippen LogP contribution in [0.3, 0.4) is 0 Å². The minimum absolute atomic E-state index is 0.102. The van der Waals surface area contributed by atoms with Crippen LogP contribution in [0.4, 0.5) is 4.79 Å². The van der Waals surface area contributed by atoms with Gasteiger partial charge in [0.2, 0.25) is 14.7 Å². The standard InChI is InChI=1S/C32H47N5O5S/c1-8-42-31(39)37-14-12-36(13-15-37)30(38)32(35,19-23-10-9-11-24(16-23)29(33)34)43(40,41)28-26(21(4)5)17-25(20(2)3)18-27(28)22(6)7/h9-11,16-18,20-22H,8,12-15,19,35H2,1-7H3,(H3,33,34). The third-order valence-corrected chi connectivity index (χ3v) is 10.3. The maximum atomic E-state index is 15.0. The van der Waals surface area contributed by atoms with Crippen molar-refractivity contribution < 1.29 is 22.7 Å². The van der Waals surface area contributed by atoms with E-state index in [9.17, 15) is 9.59 Å². The van der Waals surface area contributed by atoms with Crippen LogP contribution in [0, 0.1) is 5.41 Å². The topological polar surface area (TPSA) is 160 Å². The SMILES string of the molecule is CCOC(=O)N1CCN(C(=O)C(N)(Cc2cccc(C(=N)N)c2)S(=O)(=O)c2c(C(C)C)cc(C(C)C)cc2C(C)C)CC1. The second-order valence-electron chi connectivity index (χ2n) is 12.2. The minimum atomic E-state index is -4.52. The van der Waals surface area contributed by atoms with Crippen LogP contribution in [0.2, 0.25) is 0 Å². The first-order valence-corrected chi connectivity index (χ1v) is 16.4. The Balaban J connectivity index is 2.22. The van der Waals surface area contributed by atoms with E-state index in [1.54, 1.807) is 31.2 Å². The monoisotopic (exact) mass is 613 g/mol. The molecule has 1 saturated heterocycles. The fraction of sp³-hybridized carbons (Fsp3) is 0.531. The quantitative estimate of drug-likeness (QED) is 0.266. The van der Waals surface area contributed by atoms with Gasteiger partial charge in [-0.15, -0.1) is 0 Å². The van der Waals surface area contributed by atoms with Gasteiger partial charge in [-0.3, -0.25) is 10.2 Å². The Morgan fingerprint density at radius 2 is 1.47 bits per heavy atom. The van der Waals surface area contributed by atoms with Gasteiger partial charge in [-0.25, -0.2) is 13.2 Å². The lowest BCUT2D eigenvalue weighted by molar-refractivity contribution is -0.135. The van der Waals surface area contributed by atoms with Crippen LogP contribution in [-0.4, -0.2) is 73.7 Å². The molecule has 2 aromatic carbocycles. The minimum Gasteiger partial charge on any atom is -0.450 e. The van der Waals surface area contributed by atoms with Gasteiger partial charge in [-0.1, -0.05) is 71.9 Å². The summed E-state index contributed by atoms with van der Waals surface area (Å²) >= 11 is 0. The summed E-state index contributed by atoms with van der Waals surface area (Å²) in [6, 6.07) is 10.4. The Morgan fingerprint density at radius 1 is 0.930 bits per heavy atom. The van der Waals surface area contributed by atoms with E-state index in [-0.39, 0.29) is 67.7 Å². The lowest BCUT2D eigenvalue weighted by atomic mass is 9.89. The molecule has 1 aliphatic heterocycles. The lowest BCUT2D eigenvalue weighted by Crippen LogP contribution is -2.64. The van der Waals surface area contributed by atoms with Crippen LogP contribution in [0.5, 0.6) is 0 Å². The number of carbonyl (C=O) groups excluding carboxylic acids is 2. The highest BCUT2D eigenvalue weighted by Gasteiger charge is 2.52. The van der Waals surface area contributed by atoms with Gasteiger partial charge in [0.15, 0.2) is 0 Å². The number of amides is 2. The molecule has 0 aromatic heterocycles. The zero-order valence-corrected chi connectivity index (χ0v) is 27.3. The van der Waals surface area contributed by atoms with Gasteiger partial charge in [0.1, 0.15) is 5.84 Å². The molecule has 11 heteroatoms. The maximum absolute atomic E-state index is 15.0. The van der Waals surface area contributed by atoms with Gasteiger partial charge in [0, 0.05) is 38.2 Å². The van der Waals surface area contributed by atoms with Gasteiger partial charge in [-0.2, -0.15) is 0 Å². The summed E-state index contributed by atoms with van der Waals surface area (Å²) in [5, 5.41) is 7.86. The van der Waals surface area contributed by atoms with Crippen LogP contribution in [0.1, 0.15) is 94.0 Å². The second-order valence-corrected chi connectivity index (χ2v) is 14.3. The number of ether oxygens (including phenoxy) is 1. The number of nitrogens with zero attached hydrogens (tertiary/aromatic N) is 2. The number of nitrogen functional groups attached to an aromatic ring is 1. The molecule has 0 spiro atoms. The first-order chi connectivity index (χ1) is 20.0. The number of nitrogens with two attached hydrogens (primary N) is 2. The van der Waals surface area contributed by atoms with Gasteiger partial charge < -0.3 is 26.0 Å². The number of amidine groups is 1. The molecule has 236 valence electrons. The highest BCUT2D eigenvalue weighted by atomic mass is 32.2. The van der Waals surface area contributed by atoms with Crippen LogP contribution in [0.15, 0.2) is 41.3 Å². The van der Waals surface area contributed by atoms with Crippen molar-refractivity contribution in [1.29, 1.82) is 5.41 Å². The molecule has 0 radical (unpaired) electrons. The van der Waals surface area contributed by atoms with E-state index in [1.807, 2.05) is 39.8 Å². The van der Waals surface area contributed by atoms with Crippen LogP contribution in [-0.2, 0) is 25.8 Å². The van der Waals surface area contributed by atoms with E-state index < -0.39 is 26.7 Å². The maximum Gasteiger partial charge on any atom is 0.409 e. The molecule has 0 bridgehead atoms. The van der Waals surface area contributed by atoms with E-state index >= 15 is 8.42 Å². The summed E-state index contributed by atoms with van der Waals surface area (Å²) < 4.78 is 35.2. The summed E-state index contributed by atoms with van der Waals surface area (Å²) in [6.45, 7) is 14.4. The zero-order chi connectivity index (χ0) is 32.3. The van der Waals surface area contributed by atoms with E-state index in [4.69, 9.17) is 21.6 Å². The third kappa shape index (κ3) is 7.04. The van der Waals surface area contributed by atoms with Crippen molar-refractivity contribution in [2.45, 2.75) is 82.4 Å². The third-order valence-electron chi connectivity index (χ3n) is 7.99. The summed E-state index contributed by atoms with van der Waals surface area (Å²) in [5.74, 6) is -1.06. The Kier molecular flexibility index (Phi) is 10.7. The highest BCUT2D eigenvalue weighted by Crippen LogP contribution is 2.40. The Morgan fingerprint density at radius 3 is 1.93 bits per heavy atom. The molecular weight excluding hydrogens is 566 g/mol. The molecule has 1 aliphatic rings. The van der Waals surface area contributed by atoms with Crippen molar-refractivity contribution in [3.05, 3.63) is 64.2 Å². The second kappa shape index (κ2) is 13.5. The normalized spacial score (nSPS) is 15.6. The molecular formula is C32H47N5O5S. The van der Waals surface area contributed by atoms with E-state index in [0.29, 0.717) is 22.3 Å².